The van der Waals surface area contributed by atoms with E-state index in [1.807, 2.05) is 30.3 Å². The fourth-order valence-corrected chi connectivity index (χ4v) is 1.84. The summed E-state index contributed by atoms with van der Waals surface area (Å²) in [4.78, 5) is 10.2. The molecule has 0 radical (unpaired) electrons. The molecule has 0 aromatic heterocycles. The normalized spacial score (nSPS) is 13.9. The SMILES string of the molecule is CC[C@H](NNC=O)C(C)COCc1ccccc1. The molecule has 1 amide bonds. The second-order valence-electron chi connectivity index (χ2n) is 4.40. The van der Waals surface area contributed by atoms with Crippen LogP contribution in [0.4, 0.5) is 0 Å². The van der Waals surface area contributed by atoms with Gasteiger partial charge in [-0.2, -0.15) is 0 Å². The zero-order chi connectivity index (χ0) is 13.2. The van der Waals surface area contributed by atoms with Gasteiger partial charge in [0, 0.05) is 6.04 Å². The van der Waals surface area contributed by atoms with Gasteiger partial charge >= 0.3 is 0 Å². The van der Waals surface area contributed by atoms with Crippen LogP contribution in [0.5, 0.6) is 0 Å². The molecule has 1 unspecified atom stereocenters. The molecule has 4 nitrogen and oxygen atoms in total. The third-order valence-electron chi connectivity index (χ3n) is 2.95. The van der Waals surface area contributed by atoms with Crippen molar-refractivity contribution >= 4 is 6.41 Å². The highest BCUT2D eigenvalue weighted by Gasteiger charge is 2.14. The first-order chi connectivity index (χ1) is 8.77. The lowest BCUT2D eigenvalue weighted by atomic mass is 10.0. The number of amides is 1. The van der Waals surface area contributed by atoms with Gasteiger partial charge in [-0.05, 0) is 17.9 Å². The van der Waals surface area contributed by atoms with Crippen LogP contribution >= 0.6 is 0 Å². The molecule has 2 N–H and O–H groups in total. The van der Waals surface area contributed by atoms with Crippen molar-refractivity contribution in [3.8, 4) is 0 Å². The van der Waals surface area contributed by atoms with Crippen LogP contribution in [0, 0.1) is 5.92 Å². The summed E-state index contributed by atoms with van der Waals surface area (Å²) in [5, 5.41) is 0. The molecule has 4 heteroatoms. The van der Waals surface area contributed by atoms with E-state index in [2.05, 4.69) is 24.7 Å². The Morgan fingerprint density at radius 2 is 2.06 bits per heavy atom. The van der Waals surface area contributed by atoms with Crippen LogP contribution in [-0.4, -0.2) is 19.1 Å². The summed E-state index contributed by atoms with van der Waals surface area (Å²) in [5.74, 6) is 0.339. The van der Waals surface area contributed by atoms with Gasteiger partial charge in [0.25, 0.3) is 0 Å². The minimum Gasteiger partial charge on any atom is -0.376 e. The molecule has 0 saturated carbocycles. The van der Waals surface area contributed by atoms with Crippen LogP contribution in [0.15, 0.2) is 30.3 Å². The minimum absolute atomic E-state index is 0.228. The lowest BCUT2D eigenvalue weighted by molar-refractivity contribution is -0.110. The highest BCUT2D eigenvalue weighted by molar-refractivity contribution is 5.44. The van der Waals surface area contributed by atoms with Gasteiger partial charge in [0.05, 0.1) is 13.2 Å². The van der Waals surface area contributed by atoms with Crippen molar-refractivity contribution in [1.82, 2.24) is 10.9 Å². The van der Waals surface area contributed by atoms with E-state index >= 15 is 0 Å². The van der Waals surface area contributed by atoms with E-state index in [1.165, 1.54) is 5.56 Å². The van der Waals surface area contributed by atoms with E-state index < -0.39 is 0 Å². The number of carbonyl (C=O) groups excluding carboxylic acids is 1. The maximum atomic E-state index is 10.2. The third kappa shape index (κ3) is 5.29. The van der Waals surface area contributed by atoms with E-state index in [-0.39, 0.29) is 6.04 Å². The smallest absolute Gasteiger partial charge is 0.221 e. The summed E-state index contributed by atoms with van der Waals surface area (Å²) < 4.78 is 5.69. The number of hydrogen-bond acceptors (Lipinski definition) is 3. The lowest BCUT2D eigenvalue weighted by Gasteiger charge is -2.23. The van der Waals surface area contributed by atoms with Crippen LogP contribution in [0.25, 0.3) is 0 Å². The Bertz CT molecular complexity index is 330. The van der Waals surface area contributed by atoms with Crippen LogP contribution in [0.3, 0.4) is 0 Å². The standard InChI is InChI=1S/C14H22N2O2/c1-3-14(16-15-11-17)12(2)9-18-10-13-7-5-4-6-8-13/h4-8,11-12,14,16H,3,9-10H2,1-2H3,(H,15,17)/t12?,14-/m0/s1. The molecule has 0 fully saturated rings. The molecule has 2 atom stereocenters. The molecule has 0 bridgehead atoms. The fourth-order valence-electron chi connectivity index (χ4n) is 1.84. The number of nitrogens with one attached hydrogen (secondary N) is 2. The number of hydrazine groups is 1. The van der Waals surface area contributed by atoms with Crippen molar-refractivity contribution in [3.05, 3.63) is 35.9 Å². The summed E-state index contributed by atoms with van der Waals surface area (Å²) in [6, 6.07) is 10.3. The van der Waals surface area contributed by atoms with E-state index in [1.54, 1.807) is 0 Å². The van der Waals surface area contributed by atoms with Crippen molar-refractivity contribution in [2.24, 2.45) is 5.92 Å². The Morgan fingerprint density at radius 3 is 2.67 bits per heavy atom. The van der Waals surface area contributed by atoms with E-state index in [0.717, 1.165) is 6.42 Å². The van der Waals surface area contributed by atoms with Gasteiger partial charge in [0.15, 0.2) is 0 Å². The van der Waals surface area contributed by atoms with Gasteiger partial charge in [-0.3, -0.25) is 10.2 Å². The summed E-state index contributed by atoms with van der Waals surface area (Å²) in [7, 11) is 0. The Morgan fingerprint density at radius 1 is 1.33 bits per heavy atom. The van der Waals surface area contributed by atoms with Crippen molar-refractivity contribution in [3.63, 3.8) is 0 Å². The quantitative estimate of drug-likeness (QED) is 0.519. The zero-order valence-electron chi connectivity index (χ0n) is 11.1. The Labute approximate surface area is 109 Å². The molecule has 0 aliphatic carbocycles. The predicted molar refractivity (Wildman–Crippen MR) is 71.7 cm³/mol. The maximum Gasteiger partial charge on any atom is 0.221 e. The summed E-state index contributed by atoms with van der Waals surface area (Å²) >= 11 is 0. The topological polar surface area (TPSA) is 50.4 Å². The van der Waals surface area contributed by atoms with Gasteiger partial charge < -0.3 is 4.74 Å². The van der Waals surface area contributed by atoms with Gasteiger partial charge in [-0.1, -0.05) is 44.2 Å². The van der Waals surface area contributed by atoms with E-state index in [9.17, 15) is 4.79 Å². The molecule has 0 aliphatic heterocycles. The summed E-state index contributed by atoms with van der Waals surface area (Å²) in [6.45, 7) is 5.49. The highest BCUT2D eigenvalue weighted by atomic mass is 16.5. The summed E-state index contributed by atoms with van der Waals surface area (Å²) in [6.07, 6.45) is 1.59. The van der Waals surface area contributed by atoms with E-state index in [0.29, 0.717) is 25.5 Å². The Balaban J connectivity index is 2.26. The van der Waals surface area contributed by atoms with Gasteiger partial charge in [0.2, 0.25) is 6.41 Å². The molecular formula is C14H22N2O2. The average Bonchev–Trinajstić information content (AvgIpc) is 2.41. The molecule has 0 saturated heterocycles. The minimum atomic E-state index is 0.228. The third-order valence-corrected chi connectivity index (χ3v) is 2.95. The molecule has 0 aliphatic rings. The highest BCUT2D eigenvalue weighted by Crippen LogP contribution is 2.08. The number of benzene rings is 1. The van der Waals surface area contributed by atoms with E-state index in [4.69, 9.17) is 4.74 Å². The average molecular weight is 250 g/mol. The lowest BCUT2D eigenvalue weighted by Crippen LogP contribution is -2.44. The van der Waals surface area contributed by atoms with Crippen molar-refractivity contribution < 1.29 is 9.53 Å². The molecule has 1 aromatic rings. The number of carbonyl (C=O) groups is 1. The second-order valence-corrected chi connectivity index (χ2v) is 4.40. The predicted octanol–water partition coefficient (Wildman–Crippen LogP) is 1.87. The first-order valence-electron chi connectivity index (χ1n) is 6.34. The number of ether oxygens (including phenoxy) is 1. The molecule has 100 valence electrons. The van der Waals surface area contributed by atoms with Gasteiger partial charge in [0.1, 0.15) is 0 Å². The Hall–Kier alpha value is -1.39. The molecule has 1 aromatic carbocycles. The Kier molecular flexibility index (Phi) is 7.06. The zero-order valence-corrected chi connectivity index (χ0v) is 11.1. The van der Waals surface area contributed by atoms with Crippen LogP contribution in [-0.2, 0) is 16.1 Å². The first-order valence-corrected chi connectivity index (χ1v) is 6.34. The second kappa shape index (κ2) is 8.66. The van der Waals surface area contributed by atoms with Crippen molar-refractivity contribution in [2.45, 2.75) is 32.9 Å². The molecule has 1 rings (SSSR count). The van der Waals surface area contributed by atoms with Crippen LogP contribution in [0.2, 0.25) is 0 Å². The molecular weight excluding hydrogens is 228 g/mol. The van der Waals surface area contributed by atoms with Gasteiger partial charge in [-0.25, -0.2) is 5.43 Å². The summed E-state index contributed by atoms with van der Waals surface area (Å²) in [5.41, 5.74) is 6.65. The number of rotatable bonds is 9. The van der Waals surface area contributed by atoms with Gasteiger partial charge in [-0.15, -0.1) is 0 Å². The van der Waals surface area contributed by atoms with Crippen LogP contribution in [0.1, 0.15) is 25.8 Å². The van der Waals surface area contributed by atoms with Crippen LogP contribution < -0.4 is 10.9 Å². The monoisotopic (exact) mass is 250 g/mol. The number of hydrogen-bond donors (Lipinski definition) is 2. The first kappa shape index (κ1) is 14.7. The largest absolute Gasteiger partial charge is 0.376 e. The molecule has 18 heavy (non-hydrogen) atoms. The van der Waals surface area contributed by atoms with Crippen molar-refractivity contribution in [1.29, 1.82) is 0 Å². The van der Waals surface area contributed by atoms with Crippen molar-refractivity contribution in [2.75, 3.05) is 6.61 Å². The maximum absolute atomic E-state index is 10.2. The molecule has 0 heterocycles. The molecule has 0 spiro atoms. The fraction of sp³-hybridized carbons (Fsp3) is 0.500.